The largest absolute Gasteiger partial charge is 0.493 e. The Morgan fingerprint density at radius 3 is 2.44 bits per heavy atom. The van der Waals surface area contributed by atoms with E-state index in [-0.39, 0.29) is 35.9 Å². The summed E-state index contributed by atoms with van der Waals surface area (Å²) in [5, 5.41) is 11.7. The maximum Gasteiger partial charge on any atom is 0.270 e. The van der Waals surface area contributed by atoms with E-state index < -0.39 is 13.2 Å². The van der Waals surface area contributed by atoms with E-state index in [1.54, 1.807) is 29.3 Å². The predicted molar refractivity (Wildman–Crippen MR) is 161 cm³/mol. The molecule has 0 N–H and O–H groups in total. The first kappa shape index (κ1) is 28.5. The molecule has 10 heteroatoms. The van der Waals surface area contributed by atoms with E-state index in [9.17, 15) is 14.9 Å². The molecule has 0 aromatic heterocycles. The minimum absolute atomic E-state index is 0.0183. The number of rotatable bonds is 8. The minimum atomic E-state index is -2.05. The van der Waals surface area contributed by atoms with Gasteiger partial charge in [-0.25, -0.2) is 0 Å². The van der Waals surface area contributed by atoms with Gasteiger partial charge in [0, 0.05) is 36.5 Å². The molecule has 1 atom stereocenters. The Balaban J connectivity index is 1.40. The quantitative estimate of drug-likeness (QED) is 0.163. The van der Waals surface area contributed by atoms with Crippen LogP contribution >= 0.6 is 0 Å². The Morgan fingerprint density at radius 2 is 1.76 bits per heavy atom. The van der Waals surface area contributed by atoms with Crippen LogP contribution in [0.3, 0.4) is 0 Å². The second-order valence-corrected chi connectivity index (χ2v) is 16.8. The number of nitro groups is 1. The van der Waals surface area contributed by atoms with Crippen molar-refractivity contribution in [3.05, 3.63) is 87.0 Å². The number of carbonyl (C=O) groups excluding carboxylic acids is 1. The lowest BCUT2D eigenvalue weighted by Gasteiger charge is -2.36. The fraction of sp³-hybridized carbons (Fsp3) is 0.355. The van der Waals surface area contributed by atoms with Crippen LogP contribution in [-0.2, 0) is 24.1 Å². The van der Waals surface area contributed by atoms with Crippen LogP contribution in [0.15, 0.2) is 59.6 Å². The van der Waals surface area contributed by atoms with E-state index >= 15 is 0 Å². The van der Waals surface area contributed by atoms with Gasteiger partial charge in [0.2, 0.25) is 0 Å². The van der Waals surface area contributed by atoms with Crippen molar-refractivity contribution in [2.24, 2.45) is 4.99 Å². The van der Waals surface area contributed by atoms with Gasteiger partial charge in [-0.15, -0.1) is 0 Å². The number of para-hydroxylation sites is 1. The highest BCUT2D eigenvalue weighted by Crippen LogP contribution is 2.41. The van der Waals surface area contributed by atoms with Gasteiger partial charge in [0.25, 0.3) is 11.6 Å². The summed E-state index contributed by atoms with van der Waals surface area (Å²) in [7, 11) is -0.537. The van der Waals surface area contributed by atoms with Gasteiger partial charge in [0.05, 0.1) is 35.9 Å². The minimum Gasteiger partial charge on any atom is -0.493 e. The monoisotopic (exact) mass is 573 g/mol. The third-order valence-corrected chi connectivity index (χ3v) is 12.7. The molecule has 0 saturated carbocycles. The average molecular weight is 574 g/mol. The molecular formula is C31H35N3O6Si. The molecule has 0 saturated heterocycles. The summed E-state index contributed by atoms with van der Waals surface area (Å²) in [5.41, 5.74) is 4.23. The Morgan fingerprint density at radius 1 is 1.05 bits per heavy atom. The normalized spacial score (nSPS) is 16.1. The molecule has 9 nitrogen and oxygen atoms in total. The highest BCUT2D eigenvalue weighted by Gasteiger charge is 2.38. The molecule has 1 amide bonds. The molecular weight excluding hydrogens is 538 g/mol. The van der Waals surface area contributed by atoms with E-state index in [1.807, 2.05) is 30.3 Å². The molecule has 214 valence electrons. The number of fused-ring (bicyclic) bond motifs is 4. The average Bonchev–Trinajstić information content (AvgIpc) is 3.25. The number of hydrogen-bond acceptors (Lipinski definition) is 7. The number of aliphatic imine (C=N–C) groups is 1. The third kappa shape index (κ3) is 5.62. The smallest absolute Gasteiger partial charge is 0.270 e. The number of ether oxygens (including phenoxy) is 2. The standard InChI is InChI=1S/C31H35N3O6Si/c1-31(2,3)41(5,6)40-19-21-11-20(12-23(13-21)34(36)37)18-39-29-16-26-25(15-28(29)38-4)30(35)33-24(17-32-26)14-22-9-7-8-10-27(22)33/h7-13,15-17,24H,14,18-19H2,1-6H3/t24-/m0/s1. The van der Waals surface area contributed by atoms with E-state index in [1.165, 1.54) is 13.2 Å². The van der Waals surface area contributed by atoms with E-state index in [2.05, 4.69) is 38.9 Å². The van der Waals surface area contributed by atoms with Crippen molar-refractivity contribution in [1.29, 1.82) is 0 Å². The first-order chi connectivity index (χ1) is 19.4. The molecule has 2 heterocycles. The number of anilines is 1. The Bertz CT molecular complexity index is 1550. The Hall–Kier alpha value is -4.02. The first-order valence-corrected chi connectivity index (χ1v) is 16.5. The summed E-state index contributed by atoms with van der Waals surface area (Å²) in [6, 6.07) is 16.0. The van der Waals surface area contributed by atoms with Crippen LogP contribution in [0.2, 0.25) is 18.1 Å². The van der Waals surface area contributed by atoms with Crippen molar-refractivity contribution >= 4 is 37.5 Å². The molecule has 41 heavy (non-hydrogen) atoms. The molecule has 5 rings (SSSR count). The van der Waals surface area contributed by atoms with Gasteiger partial charge in [-0.3, -0.25) is 24.8 Å². The van der Waals surface area contributed by atoms with Crippen LogP contribution in [0.4, 0.5) is 17.1 Å². The second-order valence-electron chi connectivity index (χ2n) is 12.0. The molecule has 3 aromatic carbocycles. The topological polar surface area (TPSA) is 104 Å². The molecule has 3 aromatic rings. The summed E-state index contributed by atoms with van der Waals surface area (Å²) in [6.45, 7) is 11.1. The summed E-state index contributed by atoms with van der Waals surface area (Å²) in [5.74, 6) is 0.622. The second kappa shape index (κ2) is 10.8. The fourth-order valence-corrected chi connectivity index (χ4v) is 5.81. The van der Waals surface area contributed by atoms with E-state index in [0.29, 0.717) is 40.3 Å². The number of amides is 1. The molecule has 0 radical (unpaired) electrons. The lowest BCUT2D eigenvalue weighted by molar-refractivity contribution is -0.385. The Labute approximate surface area is 241 Å². The molecule has 0 fully saturated rings. The zero-order valence-electron chi connectivity index (χ0n) is 24.3. The van der Waals surface area contributed by atoms with Crippen molar-refractivity contribution in [1.82, 2.24) is 0 Å². The molecule has 0 spiro atoms. The van der Waals surface area contributed by atoms with Crippen LogP contribution in [-0.4, -0.2) is 38.5 Å². The van der Waals surface area contributed by atoms with Gasteiger partial charge < -0.3 is 13.9 Å². The fourth-order valence-electron chi connectivity index (χ4n) is 4.85. The highest BCUT2D eigenvalue weighted by atomic mass is 28.4. The van der Waals surface area contributed by atoms with Crippen LogP contribution in [0.25, 0.3) is 0 Å². The van der Waals surface area contributed by atoms with Gasteiger partial charge in [-0.1, -0.05) is 39.0 Å². The van der Waals surface area contributed by atoms with Gasteiger partial charge in [0.15, 0.2) is 19.8 Å². The van der Waals surface area contributed by atoms with Crippen LogP contribution in [0.5, 0.6) is 11.5 Å². The number of benzene rings is 3. The molecule has 0 bridgehead atoms. The highest BCUT2D eigenvalue weighted by molar-refractivity contribution is 6.74. The van der Waals surface area contributed by atoms with E-state index in [0.717, 1.165) is 11.3 Å². The summed E-state index contributed by atoms with van der Waals surface area (Å²) in [4.78, 5) is 31.4. The van der Waals surface area contributed by atoms with Crippen molar-refractivity contribution in [2.45, 2.75) is 64.6 Å². The van der Waals surface area contributed by atoms with Gasteiger partial charge in [-0.2, -0.15) is 0 Å². The summed E-state index contributed by atoms with van der Waals surface area (Å²) in [6.07, 6.45) is 2.50. The van der Waals surface area contributed by atoms with Crippen LogP contribution < -0.4 is 14.4 Å². The maximum absolute atomic E-state index is 13.6. The SMILES string of the molecule is COc1cc2c(cc1OCc1cc(CO[Si](C)(C)C(C)(C)C)cc([N+](=O)[O-])c1)N=C[C@@H]1Cc3ccccc3N1C2=O. The van der Waals surface area contributed by atoms with Crippen LogP contribution in [0, 0.1) is 10.1 Å². The van der Waals surface area contributed by atoms with Gasteiger partial charge in [0.1, 0.15) is 6.61 Å². The zero-order chi connectivity index (χ0) is 29.5. The number of nitro benzene ring substituents is 1. The van der Waals surface area contributed by atoms with Crippen molar-refractivity contribution in [2.75, 3.05) is 12.0 Å². The number of nitrogens with zero attached hydrogens (tertiary/aromatic N) is 3. The molecule has 0 unspecified atom stereocenters. The van der Waals surface area contributed by atoms with Crippen molar-refractivity contribution < 1.29 is 23.6 Å². The summed E-state index contributed by atoms with van der Waals surface area (Å²) >= 11 is 0. The van der Waals surface area contributed by atoms with Crippen LogP contribution in [0.1, 0.15) is 47.8 Å². The number of methoxy groups -OCH3 is 1. The molecule has 2 aliphatic rings. The lowest BCUT2D eigenvalue weighted by Crippen LogP contribution is -2.40. The number of hydrogen-bond donors (Lipinski definition) is 0. The van der Waals surface area contributed by atoms with E-state index in [4.69, 9.17) is 13.9 Å². The Kier molecular flexibility index (Phi) is 7.48. The first-order valence-electron chi connectivity index (χ1n) is 13.6. The van der Waals surface area contributed by atoms with Crippen molar-refractivity contribution in [3.8, 4) is 11.5 Å². The molecule has 0 aliphatic carbocycles. The predicted octanol–water partition coefficient (Wildman–Crippen LogP) is 6.99. The lowest BCUT2D eigenvalue weighted by atomic mass is 10.1. The van der Waals surface area contributed by atoms with Crippen molar-refractivity contribution in [3.63, 3.8) is 0 Å². The summed E-state index contributed by atoms with van der Waals surface area (Å²) < 4.78 is 18.0. The number of carbonyl (C=O) groups is 1. The zero-order valence-corrected chi connectivity index (χ0v) is 25.3. The van der Waals surface area contributed by atoms with Gasteiger partial charge >= 0.3 is 0 Å². The number of non-ortho nitro benzene ring substituents is 1. The maximum atomic E-state index is 13.6. The van der Waals surface area contributed by atoms with Gasteiger partial charge in [-0.05, 0) is 53.0 Å². The third-order valence-electron chi connectivity index (χ3n) is 8.18. The molecule has 2 aliphatic heterocycles.